The van der Waals surface area contributed by atoms with Crippen molar-refractivity contribution < 1.29 is 36.8 Å². The third-order valence-corrected chi connectivity index (χ3v) is 7.52. The van der Waals surface area contributed by atoms with Gasteiger partial charge < -0.3 is 37.9 Å². The van der Waals surface area contributed by atoms with E-state index in [1.807, 2.05) is 6.07 Å². The molecule has 192 valence electrons. The van der Waals surface area contributed by atoms with Gasteiger partial charge in [-0.15, -0.1) is 0 Å². The van der Waals surface area contributed by atoms with Crippen LogP contribution in [0.1, 0.15) is 22.6 Å². The Bertz CT molecular complexity index is 1030. The van der Waals surface area contributed by atoms with E-state index in [0.29, 0.717) is 23.5 Å². The van der Waals surface area contributed by atoms with Crippen LogP contribution in [0, 0.1) is 11.3 Å². The summed E-state index contributed by atoms with van der Waals surface area (Å²) >= 11 is 4.29. The zero-order valence-corrected chi connectivity index (χ0v) is 21.6. The first-order valence-electron chi connectivity index (χ1n) is 10.5. The zero-order chi connectivity index (χ0) is 25.2. The molecule has 0 aromatic carbocycles. The van der Waals surface area contributed by atoms with Gasteiger partial charge in [-0.1, -0.05) is 12.2 Å². The molecule has 0 radical (unpaired) electrons. The van der Waals surface area contributed by atoms with E-state index < -0.39 is 34.1 Å². The number of fused-ring (bicyclic) bond motifs is 1. The molecule has 1 aliphatic heterocycles. The average molecular weight is 549 g/mol. The van der Waals surface area contributed by atoms with Crippen LogP contribution in [0.15, 0.2) is 12.3 Å². The smallest absolute Gasteiger partial charge is 0.250 e. The fourth-order valence-electron chi connectivity index (χ4n) is 3.05. The molecule has 0 bridgehead atoms. The van der Waals surface area contributed by atoms with Crippen LogP contribution >= 0.6 is 28.2 Å². The highest BCUT2D eigenvalue weighted by Gasteiger charge is 2.31. The fraction of sp³-hybridized carbons (Fsp3) is 0.579. The van der Waals surface area contributed by atoms with Crippen molar-refractivity contribution in [1.29, 1.82) is 5.26 Å². The number of pyridine rings is 1. The predicted octanol–water partition coefficient (Wildman–Crippen LogP) is 2.82. The third kappa shape index (κ3) is 8.25. The highest BCUT2D eigenvalue weighted by molar-refractivity contribution is 8.41. The van der Waals surface area contributed by atoms with Gasteiger partial charge in [0.1, 0.15) is 30.4 Å². The number of halogens is 1. The number of aromatic nitrogens is 3. The summed E-state index contributed by atoms with van der Waals surface area (Å²) in [6, 6.07) is 3.55. The molecule has 12 nitrogen and oxygen atoms in total. The monoisotopic (exact) mass is 549 g/mol. The Morgan fingerprint density at radius 1 is 1.40 bits per heavy atom. The van der Waals surface area contributed by atoms with Gasteiger partial charge in [-0.3, -0.25) is 4.79 Å². The van der Waals surface area contributed by atoms with E-state index in [4.69, 9.17) is 38.6 Å². The molecule has 2 aromatic rings. The van der Waals surface area contributed by atoms with Gasteiger partial charge in [-0.05, 0) is 6.07 Å². The summed E-state index contributed by atoms with van der Waals surface area (Å²) in [4.78, 5) is 20.4. The molecule has 2 aromatic heterocycles. The molecule has 16 heteroatoms. The molecule has 3 heterocycles. The van der Waals surface area contributed by atoms with Gasteiger partial charge in [0.05, 0.1) is 44.5 Å². The Kier molecular flexibility index (Phi) is 11.4. The second kappa shape index (κ2) is 14.3. The number of methoxy groups -OCH3 is 1. The first-order valence-corrected chi connectivity index (χ1v) is 14.2. The lowest BCUT2D eigenvalue weighted by Gasteiger charge is -2.18. The summed E-state index contributed by atoms with van der Waals surface area (Å²) in [7, 11) is -1.52. The van der Waals surface area contributed by atoms with E-state index in [-0.39, 0.29) is 51.4 Å². The molecule has 0 saturated carbocycles. The van der Waals surface area contributed by atoms with Crippen molar-refractivity contribution in [3.8, 4) is 6.07 Å². The Morgan fingerprint density at radius 3 is 2.89 bits per heavy atom. The molecule has 2 N–H and O–H groups in total. The molecular formula is C19H26FN5O7P2S. The number of hydrogen-bond donors (Lipinski definition) is 2. The number of nitriles is 1. The largest absolute Gasteiger partial charge is 0.375 e. The van der Waals surface area contributed by atoms with Gasteiger partial charge in [-0.25, -0.2) is 14.4 Å². The highest BCUT2D eigenvalue weighted by Crippen LogP contribution is 2.46. The SMILES string of the molecule is COCP(OCCC#N)OCCn1c(COP(S)OC2COCC2F)nc2cc(C(N)=O)cnc21. The minimum absolute atomic E-state index is 0.00645. The molecule has 3 rings (SSSR count). The number of carbonyl (C=O) groups is 1. The second-order valence-electron chi connectivity index (χ2n) is 7.14. The van der Waals surface area contributed by atoms with Crippen molar-refractivity contribution >= 4 is 45.3 Å². The summed E-state index contributed by atoms with van der Waals surface area (Å²) in [6.45, 7) is 0.920. The van der Waals surface area contributed by atoms with Gasteiger partial charge in [-0.2, -0.15) is 5.26 Å². The Balaban J connectivity index is 1.69. The van der Waals surface area contributed by atoms with Crippen LogP contribution < -0.4 is 5.73 Å². The summed E-state index contributed by atoms with van der Waals surface area (Å²) in [5.41, 5.74) is 6.52. The number of imidazole rings is 1. The standard InChI is InChI=1S/C19H26FN5O7P2S/c1-27-12-33(29-5-2-3-21)30-6-4-25-17(11-31-34(35)32-16-10-28-9-14(16)20)24-15-7-13(18(22)26)8-23-19(15)25/h7-8,14,16,35H,2,4-6,9-12H2,1H3,(H2,22,26). The topological polar surface area (TPSA) is 153 Å². The number of thiol groups is 1. The predicted molar refractivity (Wildman–Crippen MR) is 128 cm³/mol. The van der Waals surface area contributed by atoms with Gasteiger partial charge >= 0.3 is 0 Å². The molecule has 1 saturated heterocycles. The van der Waals surface area contributed by atoms with E-state index in [9.17, 15) is 9.18 Å². The fourth-order valence-corrected chi connectivity index (χ4v) is 5.31. The van der Waals surface area contributed by atoms with Crippen molar-refractivity contribution in [2.24, 2.45) is 5.73 Å². The Morgan fingerprint density at radius 2 is 2.20 bits per heavy atom. The summed E-state index contributed by atoms with van der Waals surface area (Å²) < 4.78 is 48.3. The lowest BCUT2D eigenvalue weighted by Crippen LogP contribution is -2.21. The summed E-state index contributed by atoms with van der Waals surface area (Å²) in [5, 5.41) is 8.69. The van der Waals surface area contributed by atoms with E-state index in [1.165, 1.54) is 19.4 Å². The number of alkyl halides is 1. The molecule has 0 aliphatic carbocycles. The van der Waals surface area contributed by atoms with Crippen LogP contribution in [0.2, 0.25) is 0 Å². The van der Waals surface area contributed by atoms with Crippen LogP contribution in [-0.4, -0.2) is 72.6 Å². The van der Waals surface area contributed by atoms with E-state index in [2.05, 4.69) is 22.2 Å². The van der Waals surface area contributed by atoms with Crippen LogP contribution in [0.3, 0.4) is 0 Å². The zero-order valence-electron chi connectivity index (χ0n) is 18.9. The number of ether oxygens (including phenoxy) is 2. The minimum atomic E-state index is -1.70. The highest BCUT2D eigenvalue weighted by atomic mass is 32.7. The van der Waals surface area contributed by atoms with Gasteiger partial charge in [0.2, 0.25) is 13.5 Å². The number of carbonyl (C=O) groups excluding carboxylic acids is 1. The van der Waals surface area contributed by atoms with Crippen molar-refractivity contribution in [3.63, 3.8) is 0 Å². The van der Waals surface area contributed by atoms with Crippen molar-refractivity contribution in [2.75, 3.05) is 39.9 Å². The average Bonchev–Trinajstić information content (AvgIpc) is 3.40. The van der Waals surface area contributed by atoms with E-state index in [0.717, 1.165) is 0 Å². The maximum Gasteiger partial charge on any atom is 0.250 e. The molecule has 1 fully saturated rings. The van der Waals surface area contributed by atoms with E-state index in [1.54, 1.807) is 4.57 Å². The molecule has 1 amide bonds. The van der Waals surface area contributed by atoms with Crippen molar-refractivity contribution in [1.82, 2.24) is 14.5 Å². The maximum atomic E-state index is 13.7. The van der Waals surface area contributed by atoms with Gasteiger partial charge in [0.25, 0.3) is 0 Å². The number of nitrogens with two attached hydrogens (primary N) is 1. The molecule has 1 aliphatic rings. The normalized spacial score (nSPS) is 19.6. The molecule has 0 spiro atoms. The van der Waals surface area contributed by atoms with Crippen LogP contribution in [0.4, 0.5) is 4.39 Å². The van der Waals surface area contributed by atoms with Crippen molar-refractivity contribution in [2.45, 2.75) is 31.8 Å². The summed E-state index contributed by atoms with van der Waals surface area (Å²) in [5.74, 6) is -0.148. The quantitative estimate of drug-likeness (QED) is 0.193. The number of nitrogens with zero attached hydrogens (tertiary/aromatic N) is 4. The van der Waals surface area contributed by atoms with Gasteiger partial charge in [0, 0.05) is 19.9 Å². The lowest BCUT2D eigenvalue weighted by atomic mass is 10.2. The maximum absolute atomic E-state index is 13.7. The van der Waals surface area contributed by atoms with Crippen molar-refractivity contribution in [3.05, 3.63) is 23.7 Å². The van der Waals surface area contributed by atoms with Crippen LogP contribution in [0.25, 0.3) is 11.2 Å². The summed E-state index contributed by atoms with van der Waals surface area (Å²) in [6.07, 6.45) is -0.0920. The van der Waals surface area contributed by atoms with Crippen LogP contribution in [-0.2, 0) is 40.7 Å². The molecule has 4 atom stereocenters. The second-order valence-corrected chi connectivity index (χ2v) is 10.5. The Labute approximate surface area is 209 Å². The lowest BCUT2D eigenvalue weighted by molar-refractivity contribution is 0.1000. The number of primary amides is 1. The first-order chi connectivity index (χ1) is 16.9. The minimum Gasteiger partial charge on any atom is -0.375 e. The number of amides is 1. The molecule has 35 heavy (non-hydrogen) atoms. The molecular weight excluding hydrogens is 523 g/mol. The van der Waals surface area contributed by atoms with E-state index >= 15 is 0 Å². The number of rotatable bonds is 15. The molecule has 4 unspecified atom stereocenters. The Hall–Kier alpha value is -1.52. The van der Waals surface area contributed by atoms with Crippen LogP contribution in [0.5, 0.6) is 0 Å². The number of hydrogen-bond acceptors (Lipinski definition) is 11. The van der Waals surface area contributed by atoms with Gasteiger partial charge in [0.15, 0.2) is 20.2 Å². The third-order valence-electron chi connectivity index (χ3n) is 4.67. The first kappa shape index (κ1) is 28.1.